The van der Waals surface area contributed by atoms with Crippen LogP contribution in [-0.4, -0.2) is 30.1 Å². The molecule has 3 aromatic rings. The standard InChI is InChI=1S/C26H25N3O5/c1-4-33-23-11-6-5-10-22(23)27-24(30)25(31)29-28-18(3)19-12-14-21(15-13-19)34-26(32)20-9-7-8-17(2)16-20/h5-16H,4H2,1-3H3,(H,27,30)(H,29,31). The quantitative estimate of drug-likeness (QED) is 0.182. The molecule has 0 fully saturated rings. The lowest BCUT2D eigenvalue weighted by Crippen LogP contribution is -2.33. The second kappa shape index (κ2) is 11.4. The highest BCUT2D eigenvalue weighted by atomic mass is 16.5. The first-order valence-corrected chi connectivity index (χ1v) is 10.6. The SMILES string of the molecule is CCOc1ccccc1NC(=O)C(=O)NN=C(C)c1ccc(OC(=O)c2cccc(C)c2)cc1. The summed E-state index contributed by atoms with van der Waals surface area (Å²) >= 11 is 0. The van der Waals surface area contributed by atoms with Crippen molar-refractivity contribution >= 4 is 29.2 Å². The van der Waals surface area contributed by atoms with E-state index in [1.165, 1.54) is 0 Å². The van der Waals surface area contributed by atoms with Gasteiger partial charge in [0.2, 0.25) is 0 Å². The molecule has 3 rings (SSSR count). The number of nitrogens with one attached hydrogen (secondary N) is 2. The molecule has 0 saturated heterocycles. The lowest BCUT2D eigenvalue weighted by molar-refractivity contribution is -0.136. The van der Waals surface area contributed by atoms with Gasteiger partial charge in [-0.2, -0.15) is 5.10 Å². The van der Waals surface area contributed by atoms with Gasteiger partial charge >= 0.3 is 17.8 Å². The maximum absolute atomic E-state index is 12.3. The van der Waals surface area contributed by atoms with Gasteiger partial charge in [0.1, 0.15) is 11.5 Å². The molecule has 2 N–H and O–H groups in total. The number of hydrazone groups is 1. The van der Waals surface area contributed by atoms with Gasteiger partial charge in [-0.3, -0.25) is 9.59 Å². The van der Waals surface area contributed by atoms with Crippen molar-refractivity contribution in [3.05, 3.63) is 89.5 Å². The molecule has 3 aromatic carbocycles. The molecule has 0 aliphatic rings. The Morgan fingerprint density at radius 3 is 2.32 bits per heavy atom. The van der Waals surface area contributed by atoms with Crippen LogP contribution in [0.3, 0.4) is 0 Å². The Bertz CT molecular complexity index is 1220. The van der Waals surface area contributed by atoms with E-state index in [1.54, 1.807) is 73.7 Å². The van der Waals surface area contributed by atoms with Crippen LogP contribution >= 0.6 is 0 Å². The summed E-state index contributed by atoms with van der Waals surface area (Å²) in [5.41, 5.74) is 5.20. The van der Waals surface area contributed by atoms with E-state index in [-0.39, 0.29) is 0 Å². The number of rotatable bonds is 7. The summed E-state index contributed by atoms with van der Waals surface area (Å²) in [5.74, 6) is -1.41. The van der Waals surface area contributed by atoms with Crippen LogP contribution in [0.5, 0.6) is 11.5 Å². The van der Waals surface area contributed by atoms with E-state index in [9.17, 15) is 14.4 Å². The number of ether oxygens (including phenoxy) is 2. The average molecular weight is 460 g/mol. The monoisotopic (exact) mass is 459 g/mol. The number of carbonyl (C=O) groups is 3. The van der Waals surface area contributed by atoms with Gasteiger partial charge < -0.3 is 14.8 Å². The molecule has 0 heterocycles. The third kappa shape index (κ3) is 6.52. The van der Waals surface area contributed by atoms with Crippen LogP contribution in [0.1, 0.15) is 35.3 Å². The molecule has 34 heavy (non-hydrogen) atoms. The molecule has 0 atom stereocenters. The van der Waals surface area contributed by atoms with Crippen LogP contribution in [-0.2, 0) is 9.59 Å². The minimum atomic E-state index is -0.922. The third-order valence-corrected chi connectivity index (χ3v) is 4.70. The number of hydrogen-bond donors (Lipinski definition) is 2. The predicted octanol–water partition coefficient (Wildman–Crippen LogP) is 4.09. The fraction of sp³-hybridized carbons (Fsp3) is 0.154. The Balaban J connectivity index is 1.58. The van der Waals surface area contributed by atoms with E-state index < -0.39 is 17.8 Å². The smallest absolute Gasteiger partial charge is 0.343 e. The van der Waals surface area contributed by atoms with Crippen molar-refractivity contribution < 1.29 is 23.9 Å². The first-order valence-electron chi connectivity index (χ1n) is 10.6. The van der Waals surface area contributed by atoms with Crippen molar-refractivity contribution in [1.82, 2.24) is 5.43 Å². The molecule has 0 spiro atoms. The van der Waals surface area contributed by atoms with Gasteiger partial charge in [0.05, 0.1) is 23.6 Å². The van der Waals surface area contributed by atoms with Gasteiger partial charge in [-0.15, -0.1) is 0 Å². The molecule has 2 amide bonds. The molecule has 0 aromatic heterocycles. The van der Waals surface area contributed by atoms with E-state index in [4.69, 9.17) is 9.47 Å². The Morgan fingerprint density at radius 1 is 0.882 bits per heavy atom. The number of aryl methyl sites for hydroxylation is 1. The number of anilines is 1. The van der Waals surface area contributed by atoms with Crippen molar-refractivity contribution in [1.29, 1.82) is 0 Å². The topological polar surface area (TPSA) is 106 Å². The Hall–Kier alpha value is -4.46. The maximum Gasteiger partial charge on any atom is 0.343 e. The molecule has 0 aliphatic carbocycles. The molecule has 0 saturated carbocycles. The van der Waals surface area contributed by atoms with Crippen LogP contribution in [0.4, 0.5) is 5.69 Å². The molecule has 8 nitrogen and oxygen atoms in total. The number of para-hydroxylation sites is 2. The Morgan fingerprint density at radius 2 is 1.62 bits per heavy atom. The number of esters is 1. The molecule has 8 heteroatoms. The van der Waals surface area contributed by atoms with Crippen molar-refractivity contribution in [3.63, 3.8) is 0 Å². The highest BCUT2D eigenvalue weighted by molar-refractivity contribution is 6.39. The summed E-state index contributed by atoms with van der Waals surface area (Å²) in [6.45, 7) is 5.82. The van der Waals surface area contributed by atoms with Gasteiger partial charge in [0.15, 0.2) is 0 Å². The second-order valence-corrected chi connectivity index (χ2v) is 7.30. The van der Waals surface area contributed by atoms with E-state index >= 15 is 0 Å². The van der Waals surface area contributed by atoms with E-state index in [0.29, 0.717) is 40.6 Å². The van der Waals surface area contributed by atoms with Crippen molar-refractivity contribution in [2.45, 2.75) is 20.8 Å². The first-order chi connectivity index (χ1) is 16.4. The van der Waals surface area contributed by atoms with Crippen molar-refractivity contribution in [3.8, 4) is 11.5 Å². The molecule has 0 unspecified atom stereocenters. The van der Waals surface area contributed by atoms with Crippen LogP contribution in [0.15, 0.2) is 77.9 Å². The van der Waals surface area contributed by atoms with Gasteiger partial charge in [-0.1, -0.05) is 29.8 Å². The minimum absolute atomic E-state index is 0.374. The number of nitrogens with zero attached hydrogens (tertiary/aromatic N) is 1. The summed E-state index contributed by atoms with van der Waals surface area (Å²) in [7, 11) is 0. The minimum Gasteiger partial charge on any atom is -0.492 e. The van der Waals surface area contributed by atoms with Crippen molar-refractivity contribution in [2.75, 3.05) is 11.9 Å². The third-order valence-electron chi connectivity index (χ3n) is 4.70. The summed E-state index contributed by atoms with van der Waals surface area (Å²) in [4.78, 5) is 36.6. The van der Waals surface area contributed by atoms with E-state index in [1.807, 2.05) is 19.9 Å². The zero-order valence-electron chi connectivity index (χ0n) is 19.1. The predicted molar refractivity (Wildman–Crippen MR) is 129 cm³/mol. The lowest BCUT2D eigenvalue weighted by Gasteiger charge is -2.10. The van der Waals surface area contributed by atoms with Crippen LogP contribution in [0, 0.1) is 6.92 Å². The Labute approximate surface area is 197 Å². The highest BCUT2D eigenvalue weighted by Gasteiger charge is 2.15. The first kappa shape index (κ1) is 24.2. The van der Waals surface area contributed by atoms with Crippen LogP contribution in [0.2, 0.25) is 0 Å². The van der Waals surface area contributed by atoms with Crippen LogP contribution < -0.4 is 20.2 Å². The summed E-state index contributed by atoms with van der Waals surface area (Å²) < 4.78 is 10.8. The fourth-order valence-corrected chi connectivity index (χ4v) is 2.98. The van der Waals surface area contributed by atoms with Crippen LogP contribution in [0.25, 0.3) is 0 Å². The summed E-state index contributed by atoms with van der Waals surface area (Å²) in [6, 6.07) is 20.6. The van der Waals surface area contributed by atoms with Gasteiger partial charge in [0, 0.05) is 0 Å². The maximum atomic E-state index is 12.3. The average Bonchev–Trinajstić information content (AvgIpc) is 2.84. The number of hydrogen-bond acceptors (Lipinski definition) is 6. The molecule has 0 aliphatic heterocycles. The fourth-order valence-electron chi connectivity index (χ4n) is 2.98. The Kier molecular flexibility index (Phi) is 8.12. The number of benzene rings is 3. The zero-order chi connectivity index (χ0) is 24.5. The van der Waals surface area contributed by atoms with Gasteiger partial charge in [-0.25, -0.2) is 10.2 Å². The van der Waals surface area contributed by atoms with Gasteiger partial charge in [-0.05, 0) is 74.9 Å². The molecule has 174 valence electrons. The normalized spacial score (nSPS) is 10.9. The number of amides is 2. The molecule has 0 bridgehead atoms. The number of carbonyl (C=O) groups excluding carboxylic acids is 3. The molecular formula is C26H25N3O5. The molecule has 0 radical (unpaired) electrons. The zero-order valence-corrected chi connectivity index (χ0v) is 19.1. The summed E-state index contributed by atoms with van der Waals surface area (Å²) in [6.07, 6.45) is 0. The highest BCUT2D eigenvalue weighted by Crippen LogP contribution is 2.23. The van der Waals surface area contributed by atoms with E-state index in [0.717, 1.165) is 5.56 Å². The largest absolute Gasteiger partial charge is 0.492 e. The summed E-state index contributed by atoms with van der Waals surface area (Å²) in [5, 5.41) is 6.49. The lowest BCUT2D eigenvalue weighted by atomic mass is 10.1. The van der Waals surface area contributed by atoms with Gasteiger partial charge in [0.25, 0.3) is 0 Å². The van der Waals surface area contributed by atoms with Crippen molar-refractivity contribution in [2.24, 2.45) is 5.10 Å². The van der Waals surface area contributed by atoms with E-state index in [2.05, 4.69) is 15.8 Å². The molecular weight excluding hydrogens is 434 g/mol. The second-order valence-electron chi connectivity index (χ2n) is 7.30.